The van der Waals surface area contributed by atoms with Crippen molar-refractivity contribution in [3.8, 4) is 17.6 Å². The van der Waals surface area contributed by atoms with Crippen molar-refractivity contribution in [2.75, 3.05) is 6.61 Å². The van der Waals surface area contributed by atoms with E-state index in [9.17, 15) is 9.59 Å². The molecule has 0 N–H and O–H groups in total. The summed E-state index contributed by atoms with van der Waals surface area (Å²) < 4.78 is 10.5. The van der Waals surface area contributed by atoms with Crippen LogP contribution in [0.1, 0.15) is 40.2 Å². The minimum absolute atomic E-state index is 0.455. The van der Waals surface area contributed by atoms with Gasteiger partial charge in [0.25, 0.3) is 0 Å². The van der Waals surface area contributed by atoms with E-state index in [0.29, 0.717) is 12.2 Å². The van der Waals surface area contributed by atoms with Crippen LogP contribution in [-0.2, 0) is 14.3 Å². The van der Waals surface area contributed by atoms with Gasteiger partial charge >= 0.3 is 5.97 Å². The lowest BCUT2D eigenvalue weighted by atomic mass is 10.1. The van der Waals surface area contributed by atoms with Crippen molar-refractivity contribution >= 4 is 11.8 Å². The molecule has 0 aliphatic carbocycles. The van der Waals surface area contributed by atoms with Crippen molar-refractivity contribution in [2.45, 2.75) is 40.2 Å². The first-order valence-corrected chi connectivity index (χ1v) is 7.24. The van der Waals surface area contributed by atoms with Gasteiger partial charge < -0.3 is 9.47 Å². The third kappa shape index (κ3) is 6.01. The van der Waals surface area contributed by atoms with Crippen LogP contribution < -0.4 is 4.74 Å². The van der Waals surface area contributed by atoms with Gasteiger partial charge in [0, 0.05) is 5.56 Å². The van der Waals surface area contributed by atoms with Gasteiger partial charge in [0.05, 0.1) is 6.61 Å². The number of hydrogen-bond donors (Lipinski definition) is 0. The number of rotatable bonds is 4. The Hall–Kier alpha value is -2.28. The fourth-order valence-electron chi connectivity index (χ4n) is 1.54. The fraction of sp³-hybridized carbons (Fsp3) is 0.444. The zero-order chi connectivity index (χ0) is 16.8. The van der Waals surface area contributed by atoms with Crippen LogP contribution in [0.15, 0.2) is 24.3 Å². The van der Waals surface area contributed by atoms with Crippen LogP contribution >= 0.6 is 0 Å². The van der Waals surface area contributed by atoms with Gasteiger partial charge in [0.15, 0.2) is 0 Å². The summed E-state index contributed by atoms with van der Waals surface area (Å²) in [5.74, 6) is 4.08. The maximum absolute atomic E-state index is 11.9. The van der Waals surface area contributed by atoms with Gasteiger partial charge in [0.1, 0.15) is 17.3 Å². The van der Waals surface area contributed by atoms with Crippen LogP contribution in [0, 0.1) is 17.8 Å². The van der Waals surface area contributed by atoms with Gasteiger partial charge in [-0.3, -0.25) is 9.59 Å². The summed E-state index contributed by atoms with van der Waals surface area (Å²) in [5.41, 5.74) is 0.0712. The van der Waals surface area contributed by atoms with E-state index in [1.807, 2.05) is 6.92 Å². The normalized spacial score (nSPS) is 11.9. The second-order valence-electron chi connectivity index (χ2n) is 5.83. The summed E-state index contributed by atoms with van der Waals surface area (Å²) >= 11 is 0. The van der Waals surface area contributed by atoms with E-state index in [0.717, 1.165) is 5.75 Å². The smallest absolute Gasteiger partial charge is 0.317 e. The van der Waals surface area contributed by atoms with E-state index in [1.54, 1.807) is 45.0 Å². The van der Waals surface area contributed by atoms with Crippen molar-refractivity contribution < 1.29 is 19.1 Å². The van der Waals surface area contributed by atoms with E-state index in [2.05, 4.69) is 11.8 Å². The van der Waals surface area contributed by atoms with Crippen LogP contribution in [0.2, 0.25) is 0 Å². The number of Topliss-reactive ketones (excluding diaryl/α,β-unsaturated/α-hetero) is 1. The van der Waals surface area contributed by atoms with Crippen LogP contribution in [0.3, 0.4) is 0 Å². The highest BCUT2D eigenvalue weighted by Gasteiger charge is 2.26. The van der Waals surface area contributed by atoms with E-state index in [4.69, 9.17) is 9.47 Å². The molecule has 1 atom stereocenters. The van der Waals surface area contributed by atoms with Crippen LogP contribution in [0.5, 0.6) is 5.75 Å². The van der Waals surface area contributed by atoms with Crippen molar-refractivity contribution in [3.63, 3.8) is 0 Å². The molecule has 0 radical (unpaired) electrons. The van der Waals surface area contributed by atoms with Crippen molar-refractivity contribution in [2.24, 2.45) is 5.92 Å². The van der Waals surface area contributed by atoms with E-state index < -0.39 is 23.3 Å². The standard InChI is InChI=1S/C18H22O4/c1-6-21-15-10-7-14(8-11-15)9-12-16(19)13(2)17(20)22-18(3,4)5/h7-8,10-11,13H,6H2,1-5H3. The molecule has 0 bridgehead atoms. The Morgan fingerprint density at radius 1 is 1.18 bits per heavy atom. The van der Waals surface area contributed by atoms with Crippen LogP contribution in [0.4, 0.5) is 0 Å². The van der Waals surface area contributed by atoms with Crippen LogP contribution in [-0.4, -0.2) is 24.0 Å². The quantitative estimate of drug-likeness (QED) is 0.487. The number of carbonyl (C=O) groups is 2. The van der Waals surface area contributed by atoms with Gasteiger partial charge in [-0.25, -0.2) is 0 Å². The third-order valence-corrected chi connectivity index (χ3v) is 2.65. The molecule has 0 saturated heterocycles. The minimum atomic E-state index is -0.894. The molecule has 4 heteroatoms. The fourth-order valence-corrected chi connectivity index (χ4v) is 1.54. The number of ketones is 1. The molecular formula is C18H22O4. The Kier molecular flexibility index (Phi) is 6.18. The lowest BCUT2D eigenvalue weighted by molar-refractivity contribution is -0.160. The second kappa shape index (κ2) is 7.65. The second-order valence-corrected chi connectivity index (χ2v) is 5.83. The number of ether oxygens (including phenoxy) is 2. The molecule has 22 heavy (non-hydrogen) atoms. The highest BCUT2D eigenvalue weighted by atomic mass is 16.6. The Labute approximate surface area is 131 Å². The maximum Gasteiger partial charge on any atom is 0.317 e. The average Bonchev–Trinajstić information content (AvgIpc) is 2.44. The molecule has 0 amide bonds. The molecule has 0 saturated carbocycles. The van der Waals surface area contributed by atoms with E-state index in [1.165, 1.54) is 6.92 Å². The summed E-state index contributed by atoms with van der Waals surface area (Å²) in [7, 11) is 0. The lowest BCUT2D eigenvalue weighted by Crippen LogP contribution is -2.30. The topological polar surface area (TPSA) is 52.6 Å². The molecular weight excluding hydrogens is 280 g/mol. The van der Waals surface area contributed by atoms with Gasteiger partial charge in [-0.05, 0) is 64.8 Å². The summed E-state index contributed by atoms with van der Waals surface area (Å²) in [6.45, 7) is 9.28. The Morgan fingerprint density at radius 3 is 2.27 bits per heavy atom. The molecule has 118 valence electrons. The Balaban J connectivity index is 2.70. The molecule has 4 nitrogen and oxygen atoms in total. The molecule has 0 spiro atoms. The highest BCUT2D eigenvalue weighted by Crippen LogP contribution is 2.13. The van der Waals surface area contributed by atoms with Gasteiger partial charge in [-0.15, -0.1) is 0 Å². The van der Waals surface area contributed by atoms with E-state index >= 15 is 0 Å². The molecule has 0 fully saturated rings. The number of esters is 1. The Morgan fingerprint density at radius 2 is 1.77 bits per heavy atom. The SMILES string of the molecule is CCOc1ccc(C#CC(=O)C(C)C(=O)OC(C)(C)C)cc1. The number of benzene rings is 1. The molecule has 1 aromatic carbocycles. The predicted octanol–water partition coefficient (Wildman–Crippen LogP) is 2.98. The number of hydrogen-bond acceptors (Lipinski definition) is 4. The first-order valence-electron chi connectivity index (χ1n) is 7.24. The van der Waals surface area contributed by atoms with Crippen molar-refractivity contribution in [1.29, 1.82) is 0 Å². The van der Waals surface area contributed by atoms with Crippen molar-refractivity contribution in [1.82, 2.24) is 0 Å². The molecule has 1 rings (SSSR count). The summed E-state index contributed by atoms with van der Waals surface area (Å²) in [6.07, 6.45) is 0. The van der Waals surface area contributed by atoms with Gasteiger partial charge in [-0.1, -0.05) is 5.92 Å². The van der Waals surface area contributed by atoms with Gasteiger partial charge in [-0.2, -0.15) is 0 Å². The molecule has 1 unspecified atom stereocenters. The highest BCUT2D eigenvalue weighted by molar-refractivity contribution is 6.08. The zero-order valence-electron chi connectivity index (χ0n) is 13.7. The molecule has 0 aliphatic rings. The van der Waals surface area contributed by atoms with Gasteiger partial charge in [0.2, 0.25) is 5.78 Å². The first kappa shape index (κ1) is 17.8. The summed E-state index contributed by atoms with van der Waals surface area (Å²) in [6, 6.07) is 7.11. The molecule has 1 aromatic rings. The molecule has 0 aliphatic heterocycles. The van der Waals surface area contributed by atoms with Crippen LogP contribution in [0.25, 0.3) is 0 Å². The monoisotopic (exact) mass is 302 g/mol. The Bertz CT molecular complexity index is 582. The summed E-state index contributed by atoms with van der Waals surface area (Å²) in [4.78, 5) is 23.7. The third-order valence-electron chi connectivity index (χ3n) is 2.65. The average molecular weight is 302 g/mol. The maximum atomic E-state index is 11.9. The zero-order valence-corrected chi connectivity index (χ0v) is 13.7. The number of carbonyl (C=O) groups excluding carboxylic acids is 2. The van der Waals surface area contributed by atoms with E-state index in [-0.39, 0.29) is 0 Å². The largest absolute Gasteiger partial charge is 0.494 e. The lowest BCUT2D eigenvalue weighted by Gasteiger charge is -2.20. The molecule has 0 heterocycles. The summed E-state index contributed by atoms with van der Waals surface area (Å²) in [5, 5.41) is 0. The first-order chi connectivity index (χ1) is 10.2. The van der Waals surface area contributed by atoms with Crippen molar-refractivity contribution in [3.05, 3.63) is 29.8 Å². The minimum Gasteiger partial charge on any atom is -0.494 e. The molecule has 0 aromatic heterocycles. The predicted molar refractivity (Wildman–Crippen MR) is 84.5 cm³/mol.